The van der Waals surface area contributed by atoms with Crippen molar-refractivity contribution in [3.05, 3.63) is 0 Å². The lowest BCUT2D eigenvalue weighted by Crippen LogP contribution is -2.62. The first-order valence-corrected chi connectivity index (χ1v) is 8.94. The average Bonchev–Trinajstić information content (AvgIpc) is 2.36. The average molecular weight is 294 g/mol. The van der Waals surface area contributed by atoms with E-state index in [0.29, 0.717) is 17.2 Å². The Morgan fingerprint density at radius 3 is 2.29 bits per heavy atom. The summed E-state index contributed by atoms with van der Waals surface area (Å²) in [6.45, 7) is 14.7. The van der Waals surface area contributed by atoms with E-state index in [2.05, 4.69) is 37.5 Å². The third-order valence-corrected chi connectivity index (χ3v) is 5.26. The first-order valence-electron chi connectivity index (χ1n) is 8.94. The molecular formula is C18H34N2O. The highest BCUT2D eigenvalue weighted by molar-refractivity contribution is 5.77. The zero-order chi connectivity index (χ0) is 15.5. The van der Waals surface area contributed by atoms with Crippen molar-refractivity contribution in [1.29, 1.82) is 0 Å². The molecule has 2 fully saturated rings. The summed E-state index contributed by atoms with van der Waals surface area (Å²) in [6.07, 6.45) is 5.94. The van der Waals surface area contributed by atoms with Gasteiger partial charge in [-0.3, -0.25) is 4.79 Å². The van der Waals surface area contributed by atoms with Crippen molar-refractivity contribution in [1.82, 2.24) is 9.80 Å². The van der Waals surface area contributed by atoms with Crippen LogP contribution < -0.4 is 0 Å². The second kappa shape index (κ2) is 7.13. The Bertz CT molecular complexity index is 337. The molecule has 2 rings (SSSR count). The van der Waals surface area contributed by atoms with Crippen LogP contribution >= 0.6 is 0 Å². The number of amides is 1. The lowest BCUT2D eigenvalue weighted by Gasteiger charge is -2.54. The minimum Gasteiger partial charge on any atom is -0.341 e. The zero-order valence-corrected chi connectivity index (χ0v) is 14.5. The molecule has 2 heterocycles. The first-order chi connectivity index (χ1) is 9.94. The Morgan fingerprint density at radius 1 is 1.14 bits per heavy atom. The third kappa shape index (κ3) is 4.45. The van der Waals surface area contributed by atoms with E-state index >= 15 is 0 Å². The molecule has 0 saturated carbocycles. The number of likely N-dealkylation sites (tertiary alicyclic amines) is 2. The standard InChI is InChI=1S/C18H34N2O/c1-5-6-16(4)12-19-9-7-18(8-10-19)13-20(14-18)17(21)11-15(2)3/h15-16H,5-14H2,1-4H3. The van der Waals surface area contributed by atoms with Crippen LogP contribution in [0.1, 0.15) is 59.8 Å². The van der Waals surface area contributed by atoms with Crippen LogP contribution in [0.2, 0.25) is 0 Å². The van der Waals surface area contributed by atoms with Crippen LogP contribution in [0.15, 0.2) is 0 Å². The van der Waals surface area contributed by atoms with Crippen molar-refractivity contribution in [3.63, 3.8) is 0 Å². The van der Waals surface area contributed by atoms with Gasteiger partial charge in [0.1, 0.15) is 0 Å². The molecule has 2 aliphatic rings. The maximum Gasteiger partial charge on any atom is 0.222 e. The molecule has 21 heavy (non-hydrogen) atoms. The number of piperidine rings is 1. The Hall–Kier alpha value is -0.570. The molecule has 2 aliphatic heterocycles. The molecule has 0 bridgehead atoms. The number of hydrogen-bond acceptors (Lipinski definition) is 2. The number of carbonyl (C=O) groups excluding carboxylic acids is 1. The number of hydrogen-bond donors (Lipinski definition) is 0. The van der Waals surface area contributed by atoms with Gasteiger partial charge in [-0.1, -0.05) is 34.1 Å². The molecule has 1 unspecified atom stereocenters. The topological polar surface area (TPSA) is 23.6 Å². The minimum absolute atomic E-state index is 0.370. The molecule has 3 nitrogen and oxygen atoms in total. The van der Waals surface area contributed by atoms with Crippen LogP contribution in [0.3, 0.4) is 0 Å². The Kier molecular flexibility index (Phi) is 5.70. The van der Waals surface area contributed by atoms with Crippen LogP contribution in [0.4, 0.5) is 0 Å². The lowest BCUT2D eigenvalue weighted by molar-refractivity contribution is -0.147. The summed E-state index contributed by atoms with van der Waals surface area (Å²) in [5, 5.41) is 0. The van der Waals surface area contributed by atoms with E-state index in [-0.39, 0.29) is 0 Å². The second-order valence-electron chi connectivity index (χ2n) is 8.04. The Labute approximate surface area is 131 Å². The maximum atomic E-state index is 12.1. The fourth-order valence-corrected chi connectivity index (χ4v) is 3.97. The number of carbonyl (C=O) groups is 1. The van der Waals surface area contributed by atoms with E-state index in [0.717, 1.165) is 25.4 Å². The monoisotopic (exact) mass is 294 g/mol. The van der Waals surface area contributed by atoms with Crippen molar-refractivity contribution in [3.8, 4) is 0 Å². The van der Waals surface area contributed by atoms with Gasteiger partial charge in [0.05, 0.1) is 0 Å². The van der Waals surface area contributed by atoms with Gasteiger partial charge in [0.2, 0.25) is 5.91 Å². The summed E-state index contributed by atoms with van der Waals surface area (Å²) in [7, 11) is 0. The van der Waals surface area contributed by atoms with Crippen molar-refractivity contribution >= 4 is 5.91 Å². The van der Waals surface area contributed by atoms with E-state index in [1.165, 1.54) is 45.3 Å². The van der Waals surface area contributed by atoms with Gasteiger partial charge < -0.3 is 9.80 Å². The van der Waals surface area contributed by atoms with Gasteiger partial charge in [-0.25, -0.2) is 0 Å². The quantitative estimate of drug-likeness (QED) is 0.749. The van der Waals surface area contributed by atoms with Crippen LogP contribution in [-0.2, 0) is 4.79 Å². The summed E-state index contributed by atoms with van der Waals surface area (Å²) in [4.78, 5) is 16.8. The number of nitrogens with zero attached hydrogens (tertiary/aromatic N) is 2. The van der Waals surface area contributed by atoms with Crippen LogP contribution in [0.25, 0.3) is 0 Å². The van der Waals surface area contributed by atoms with Crippen molar-refractivity contribution in [2.45, 2.75) is 59.8 Å². The van der Waals surface area contributed by atoms with Crippen molar-refractivity contribution in [2.75, 3.05) is 32.7 Å². The van der Waals surface area contributed by atoms with E-state index < -0.39 is 0 Å². The van der Waals surface area contributed by atoms with E-state index in [1.807, 2.05) is 0 Å². The fraction of sp³-hybridized carbons (Fsp3) is 0.944. The molecule has 0 aromatic heterocycles. The summed E-state index contributed by atoms with van der Waals surface area (Å²) < 4.78 is 0. The molecule has 122 valence electrons. The normalized spacial score (nSPS) is 23.4. The van der Waals surface area contributed by atoms with Gasteiger partial charge in [0, 0.05) is 31.5 Å². The highest BCUT2D eigenvalue weighted by atomic mass is 16.2. The third-order valence-electron chi connectivity index (χ3n) is 5.26. The van der Waals surface area contributed by atoms with Crippen LogP contribution in [0, 0.1) is 17.3 Å². The van der Waals surface area contributed by atoms with Crippen LogP contribution in [0.5, 0.6) is 0 Å². The summed E-state index contributed by atoms with van der Waals surface area (Å²) in [6, 6.07) is 0. The van der Waals surface area contributed by atoms with Gasteiger partial charge in [-0.05, 0) is 44.2 Å². The molecule has 0 aromatic carbocycles. The highest BCUT2D eigenvalue weighted by Crippen LogP contribution is 2.41. The van der Waals surface area contributed by atoms with E-state index in [9.17, 15) is 4.79 Å². The van der Waals surface area contributed by atoms with Gasteiger partial charge in [-0.2, -0.15) is 0 Å². The molecule has 0 N–H and O–H groups in total. The molecule has 1 spiro atoms. The maximum absolute atomic E-state index is 12.1. The predicted molar refractivity (Wildman–Crippen MR) is 88.2 cm³/mol. The molecule has 1 atom stereocenters. The Morgan fingerprint density at radius 2 is 1.76 bits per heavy atom. The summed E-state index contributed by atoms with van der Waals surface area (Å²) >= 11 is 0. The molecule has 3 heteroatoms. The molecular weight excluding hydrogens is 260 g/mol. The van der Waals surface area contributed by atoms with Gasteiger partial charge in [-0.15, -0.1) is 0 Å². The number of rotatable bonds is 6. The van der Waals surface area contributed by atoms with Crippen molar-refractivity contribution < 1.29 is 4.79 Å². The minimum atomic E-state index is 0.370. The summed E-state index contributed by atoms with van der Waals surface area (Å²) in [5.41, 5.74) is 0.469. The molecule has 1 amide bonds. The fourth-order valence-electron chi connectivity index (χ4n) is 3.97. The van der Waals surface area contributed by atoms with Gasteiger partial charge in [0.25, 0.3) is 0 Å². The van der Waals surface area contributed by atoms with Gasteiger partial charge in [0.15, 0.2) is 0 Å². The molecule has 2 saturated heterocycles. The second-order valence-corrected chi connectivity index (χ2v) is 8.04. The van der Waals surface area contributed by atoms with E-state index in [1.54, 1.807) is 0 Å². The SMILES string of the molecule is CCCC(C)CN1CCC2(CC1)CN(C(=O)CC(C)C)C2. The Balaban J connectivity index is 1.70. The smallest absolute Gasteiger partial charge is 0.222 e. The largest absolute Gasteiger partial charge is 0.341 e. The lowest BCUT2D eigenvalue weighted by atomic mass is 9.71. The van der Waals surface area contributed by atoms with Gasteiger partial charge >= 0.3 is 0 Å². The molecule has 0 radical (unpaired) electrons. The first kappa shape index (κ1) is 16.8. The zero-order valence-electron chi connectivity index (χ0n) is 14.5. The van der Waals surface area contributed by atoms with E-state index in [4.69, 9.17) is 0 Å². The summed E-state index contributed by atoms with van der Waals surface area (Å²) in [5.74, 6) is 1.68. The van der Waals surface area contributed by atoms with Crippen molar-refractivity contribution in [2.24, 2.45) is 17.3 Å². The molecule has 0 aromatic rings. The molecule has 0 aliphatic carbocycles. The predicted octanol–water partition coefficient (Wildman–Crippen LogP) is 3.39. The highest BCUT2D eigenvalue weighted by Gasteiger charge is 2.46. The van der Waals surface area contributed by atoms with Crippen LogP contribution in [-0.4, -0.2) is 48.4 Å².